The molecule has 0 atom stereocenters. The van der Waals surface area contributed by atoms with Gasteiger partial charge >= 0.3 is 5.97 Å². The lowest BCUT2D eigenvalue weighted by molar-refractivity contribution is -0.136. The first-order valence-electron chi connectivity index (χ1n) is 4.53. The molecule has 0 unspecified atom stereocenters. The van der Waals surface area contributed by atoms with Gasteiger partial charge in [-0.1, -0.05) is 0 Å². The molecule has 0 saturated carbocycles. The average Bonchev–Trinajstić information content (AvgIpc) is 2.58. The smallest absolute Gasteiger partial charge is 0.309 e. The molecule has 0 aliphatic rings. The number of pyridine rings is 1. The Bertz CT molecular complexity index is 578. The van der Waals surface area contributed by atoms with Crippen LogP contribution in [0.5, 0.6) is 0 Å². The number of aryl methyl sites for hydroxylation is 1. The van der Waals surface area contributed by atoms with E-state index in [1.165, 1.54) is 0 Å². The van der Waals surface area contributed by atoms with E-state index in [1.807, 2.05) is 17.4 Å². The minimum atomic E-state index is -0.856. The van der Waals surface area contributed by atoms with Crippen LogP contribution < -0.4 is 0 Å². The summed E-state index contributed by atoms with van der Waals surface area (Å²) >= 11 is 4.47. The van der Waals surface area contributed by atoms with Crippen molar-refractivity contribution in [3.63, 3.8) is 0 Å². The van der Waals surface area contributed by atoms with Crippen LogP contribution in [0.15, 0.2) is 12.3 Å². The Morgan fingerprint density at radius 1 is 1.50 bits per heavy atom. The molecule has 0 saturated heterocycles. The summed E-state index contributed by atoms with van der Waals surface area (Å²) in [6, 6.07) is 2.04. The molecular formula is C10H8I2N2O2. The number of aliphatic carboxylic acids is 1. The normalized spacial score (nSPS) is 10.9. The van der Waals surface area contributed by atoms with E-state index in [1.54, 1.807) is 6.20 Å². The Morgan fingerprint density at radius 3 is 2.81 bits per heavy atom. The summed E-state index contributed by atoms with van der Waals surface area (Å²) in [7, 11) is 0. The zero-order valence-corrected chi connectivity index (χ0v) is 12.7. The van der Waals surface area contributed by atoms with Crippen molar-refractivity contribution in [3.8, 4) is 0 Å². The highest BCUT2D eigenvalue weighted by molar-refractivity contribution is 14.1. The molecule has 0 aromatic carbocycles. The molecule has 1 N–H and O–H groups in total. The van der Waals surface area contributed by atoms with E-state index in [9.17, 15) is 4.79 Å². The Morgan fingerprint density at radius 2 is 2.19 bits per heavy atom. The maximum Gasteiger partial charge on any atom is 0.309 e. The van der Waals surface area contributed by atoms with Crippen LogP contribution in [0.1, 0.15) is 11.4 Å². The van der Waals surface area contributed by atoms with Crippen LogP contribution in [0.4, 0.5) is 0 Å². The van der Waals surface area contributed by atoms with Crippen LogP contribution in [0.3, 0.4) is 0 Å². The Balaban J connectivity index is 2.65. The quantitative estimate of drug-likeness (QED) is 0.728. The molecule has 2 rings (SSSR count). The number of carboxylic acids is 1. The van der Waals surface area contributed by atoms with Crippen molar-refractivity contribution in [2.75, 3.05) is 0 Å². The van der Waals surface area contributed by atoms with Crippen LogP contribution in [0.2, 0.25) is 0 Å². The fraction of sp³-hybridized carbons (Fsp3) is 0.200. The molecule has 2 aromatic rings. The number of aromatic nitrogens is 2. The van der Waals surface area contributed by atoms with Crippen molar-refractivity contribution in [1.82, 2.24) is 9.38 Å². The van der Waals surface area contributed by atoms with Gasteiger partial charge in [-0.15, -0.1) is 0 Å². The lowest BCUT2D eigenvalue weighted by Crippen LogP contribution is -1.99. The van der Waals surface area contributed by atoms with Gasteiger partial charge in [-0.25, -0.2) is 4.98 Å². The number of fused-ring (bicyclic) bond motifs is 1. The molecule has 0 spiro atoms. The minimum absolute atomic E-state index is 0.0339. The van der Waals surface area contributed by atoms with E-state index in [-0.39, 0.29) is 6.42 Å². The number of hydrogen-bond acceptors (Lipinski definition) is 2. The van der Waals surface area contributed by atoms with Gasteiger partial charge in [0.2, 0.25) is 0 Å². The van der Waals surface area contributed by atoms with Gasteiger partial charge in [-0.2, -0.15) is 0 Å². The number of imidazole rings is 1. The summed E-state index contributed by atoms with van der Waals surface area (Å²) in [5.74, 6) is -0.856. The van der Waals surface area contributed by atoms with Crippen molar-refractivity contribution in [3.05, 3.63) is 30.8 Å². The van der Waals surface area contributed by atoms with Crippen molar-refractivity contribution >= 4 is 56.8 Å². The summed E-state index contributed by atoms with van der Waals surface area (Å²) in [6.45, 7) is 2.00. The van der Waals surface area contributed by atoms with Gasteiger partial charge in [0.05, 0.1) is 15.7 Å². The summed E-state index contributed by atoms with van der Waals surface area (Å²) in [6.07, 6.45) is 1.76. The molecule has 0 aliphatic heterocycles. The first-order chi connectivity index (χ1) is 7.49. The largest absolute Gasteiger partial charge is 0.481 e. The molecule has 84 valence electrons. The molecule has 0 amide bonds. The highest BCUT2D eigenvalue weighted by Crippen LogP contribution is 2.21. The van der Waals surface area contributed by atoms with E-state index in [2.05, 4.69) is 50.2 Å². The molecular weight excluding hydrogens is 434 g/mol. The summed E-state index contributed by atoms with van der Waals surface area (Å²) in [5.41, 5.74) is 2.51. The fourth-order valence-corrected chi connectivity index (χ4v) is 3.35. The number of hydrogen-bond donors (Lipinski definition) is 1. The first-order valence-corrected chi connectivity index (χ1v) is 6.69. The maximum absolute atomic E-state index is 10.6. The van der Waals surface area contributed by atoms with Gasteiger partial charge < -0.3 is 9.51 Å². The van der Waals surface area contributed by atoms with Crippen LogP contribution in [-0.4, -0.2) is 20.5 Å². The van der Waals surface area contributed by atoms with Gasteiger partial charge in [0.15, 0.2) is 5.65 Å². The number of carbonyl (C=O) groups is 1. The standard InChI is InChI=1S/C10H8I2N2O2/c1-5-7(11)3-8(12)10-13-6(2-9(15)16)4-14(5)10/h3-4H,2H2,1H3,(H,15,16). The molecule has 4 nitrogen and oxygen atoms in total. The third-order valence-electron chi connectivity index (χ3n) is 2.26. The minimum Gasteiger partial charge on any atom is -0.481 e. The predicted molar refractivity (Wildman–Crippen MR) is 76.7 cm³/mol. The molecule has 2 aromatic heterocycles. The summed E-state index contributed by atoms with van der Waals surface area (Å²) < 4.78 is 4.12. The predicted octanol–water partition coefficient (Wildman–Crippen LogP) is 2.48. The molecule has 0 radical (unpaired) electrons. The molecule has 6 heteroatoms. The molecule has 0 aliphatic carbocycles. The Kier molecular flexibility index (Phi) is 3.38. The number of nitrogens with zero attached hydrogens (tertiary/aromatic N) is 2. The second kappa shape index (κ2) is 4.47. The second-order valence-electron chi connectivity index (χ2n) is 3.42. The van der Waals surface area contributed by atoms with E-state index in [0.29, 0.717) is 5.69 Å². The number of halogens is 2. The lowest BCUT2D eigenvalue weighted by atomic mass is 10.3. The summed E-state index contributed by atoms with van der Waals surface area (Å²) in [4.78, 5) is 15.0. The molecule has 0 bridgehead atoms. The lowest BCUT2D eigenvalue weighted by Gasteiger charge is -2.03. The monoisotopic (exact) mass is 442 g/mol. The van der Waals surface area contributed by atoms with Gasteiger partial charge in [0, 0.05) is 15.5 Å². The second-order valence-corrected chi connectivity index (χ2v) is 5.75. The highest BCUT2D eigenvalue weighted by atomic mass is 127. The number of carboxylic acid groups (broad SMARTS) is 1. The molecule has 0 fully saturated rings. The number of rotatable bonds is 2. The average molecular weight is 442 g/mol. The van der Waals surface area contributed by atoms with Crippen LogP contribution in [-0.2, 0) is 11.2 Å². The Labute approximate surface area is 119 Å². The van der Waals surface area contributed by atoms with E-state index >= 15 is 0 Å². The topological polar surface area (TPSA) is 54.6 Å². The third kappa shape index (κ3) is 2.17. The van der Waals surface area contributed by atoms with Crippen molar-refractivity contribution in [2.45, 2.75) is 13.3 Å². The SMILES string of the molecule is Cc1c(I)cc(I)c2nc(CC(=O)O)cn12. The van der Waals surface area contributed by atoms with Crippen molar-refractivity contribution in [1.29, 1.82) is 0 Å². The van der Waals surface area contributed by atoms with Gasteiger partial charge in [0.25, 0.3) is 0 Å². The van der Waals surface area contributed by atoms with Gasteiger partial charge in [0.1, 0.15) is 0 Å². The third-order valence-corrected chi connectivity index (χ3v) is 4.15. The molecule has 2 heterocycles. The van der Waals surface area contributed by atoms with Crippen molar-refractivity contribution < 1.29 is 9.90 Å². The fourth-order valence-electron chi connectivity index (χ4n) is 1.49. The maximum atomic E-state index is 10.6. The van der Waals surface area contributed by atoms with Gasteiger partial charge in [-0.3, -0.25) is 4.79 Å². The van der Waals surface area contributed by atoms with Crippen molar-refractivity contribution in [2.24, 2.45) is 0 Å². The van der Waals surface area contributed by atoms with E-state index < -0.39 is 5.97 Å². The van der Waals surface area contributed by atoms with Gasteiger partial charge in [-0.05, 0) is 58.2 Å². The first kappa shape index (κ1) is 12.1. The van der Waals surface area contributed by atoms with Crippen LogP contribution in [0, 0.1) is 14.1 Å². The van der Waals surface area contributed by atoms with E-state index in [4.69, 9.17) is 5.11 Å². The zero-order valence-electron chi connectivity index (χ0n) is 8.37. The zero-order chi connectivity index (χ0) is 11.9. The van der Waals surface area contributed by atoms with Crippen LogP contribution >= 0.6 is 45.2 Å². The van der Waals surface area contributed by atoms with Crippen LogP contribution in [0.25, 0.3) is 5.65 Å². The highest BCUT2D eigenvalue weighted by Gasteiger charge is 2.11. The van der Waals surface area contributed by atoms with E-state index in [0.717, 1.165) is 18.5 Å². The Hall–Kier alpha value is -0.380. The summed E-state index contributed by atoms with van der Waals surface area (Å²) in [5, 5.41) is 8.73. The molecule has 16 heavy (non-hydrogen) atoms.